The predicted octanol–water partition coefficient (Wildman–Crippen LogP) is 1.92. The molecule has 0 aliphatic carbocycles. The van der Waals surface area contributed by atoms with Gasteiger partial charge < -0.3 is 0 Å². The van der Waals surface area contributed by atoms with Crippen LogP contribution in [0.5, 0.6) is 0 Å². The lowest BCUT2D eigenvalue weighted by molar-refractivity contribution is 1.09. The highest BCUT2D eigenvalue weighted by Crippen LogP contribution is 1.98. The molecule has 1 heteroatoms. The minimum atomic E-state index is 0.807. The van der Waals surface area contributed by atoms with E-state index in [1.165, 1.54) is 0 Å². The van der Waals surface area contributed by atoms with Gasteiger partial charge in [-0.2, -0.15) is 0 Å². The Morgan fingerprint density at radius 3 is 3.20 bits per heavy atom. The van der Waals surface area contributed by atoms with Crippen LogP contribution >= 0.6 is 0 Å². The molecule has 0 spiro atoms. The van der Waals surface area contributed by atoms with Gasteiger partial charge in [0.1, 0.15) is 0 Å². The Kier molecular flexibility index (Phi) is 2.21. The zero-order valence-corrected chi connectivity index (χ0v) is 6.09. The van der Waals surface area contributed by atoms with Gasteiger partial charge in [-0.05, 0) is 18.6 Å². The molecule has 1 nitrogen and oxygen atoms in total. The van der Waals surface area contributed by atoms with Gasteiger partial charge in [-0.1, -0.05) is 6.08 Å². The van der Waals surface area contributed by atoms with Crippen molar-refractivity contribution in [2.45, 2.75) is 13.3 Å². The summed E-state index contributed by atoms with van der Waals surface area (Å²) in [7, 11) is 0. The molecule has 51 valence electrons. The first-order valence-corrected chi connectivity index (χ1v) is 3.27. The number of hydrogen-bond acceptors (Lipinski definition) is 1. The summed E-state index contributed by atoms with van der Waals surface area (Å²) in [5, 5.41) is 0. The Morgan fingerprint density at radius 2 is 2.60 bits per heavy atom. The molecule has 0 aliphatic heterocycles. The third kappa shape index (κ3) is 1.69. The van der Waals surface area contributed by atoms with E-state index >= 15 is 0 Å². The molecular weight excluding hydrogens is 122 g/mol. The Balaban J connectivity index is 2.84. The molecule has 1 aromatic heterocycles. The van der Waals surface area contributed by atoms with Crippen molar-refractivity contribution in [1.29, 1.82) is 0 Å². The van der Waals surface area contributed by atoms with E-state index in [1.807, 2.05) is 19.1 Å². The molecule has 0 fully saturated rings. The van der Waals surface area contributed by atoms with E-state index in [1.54, 1.807) is 6.20 Å². The molecule has 1 rings (SSSR count). The second-order valence-electron chi connectivity index (χ2n) is 2.19. The van der Waals surface area contributed by atoms with Crippen LogP contribution in [-0.4, -0.2) is 4.98 Å². The van der Waals surface area contributed by atoms with Gasteiger partial charge in [-0.3, -0.25) is 4.98 Å². The van der Waals surface area contributed by atoms with Crippen LogP contribution < -0.4 is 0 Å². The summed E-state index contributed by atoms with van der Waals surface area (Å²) in [6.45, 7) is 5.63. The third-order valence-electron chi connectivity index (χ3n) is 1.23. The fraction of sp³-hybridized carbons (Fsp3) is 0.222. The van der Waals surface area contributed by atoms with E-state index in [0.717, 1.165) is 17.7 Å². The van der Waals surface area contributed by atoms with Crippen LogP contribution in [0.4, 0.5) is 0 Å². The van der Waals surface area contributed by atoms with Crippen LogP contribution in [0.2, 0.25) is 0 Å². The van der Waals surface area contributed by atoms with E-state index in [0.29, 0.717) is 0 Å². The molecule has 1 radical (unpaired) electrons. The molecule has 1 heterocycles. The van der Waals surface area contributed by atoms with Crippen molar-refractivity contribution in [1.82, 2.24) is 4.98 Å². The summed E-state index contributed by atoms with van der Waals surface area (Å²) in [5.41, 5.74) is 2.10. The Hall–Kier alpha value is -1.11. The Bertz CT molecular complexity index is 228. The zero-order chi connectivity index (χ0) is 7.40. The molecule has 0 amide bonds. The average Bonchev–Trinajstić information content (AvgIpc) is 1.88. The molecule has 10 heavy (non-hydrogen) atoms. The van der Waals surface area contributed by atoms with E-state index < -0.39 is 0 Å². The molecule has 1 aromatic rings. The Labute approximate surface area is 61.4 Å². The number of pyridine rings is 1. The van der Waals surface area contributed by atoms with Crippen LogP contribution in [-0.2, 0) is 6.42 Å². The molecule has 0 bridgehead atoms. The average molecular weight is 132 g/mol. The van der Waals surface area contributed by atoms with Crippen molar-refractivity contribution in [3.8, 4) is 0 Å². The van der Waals surface area contributed by atoms with Crippen LogP contribution in [0.1, 0.15) is 11.3 Å². The summed E-state index contributed by atoms with van der Waals surface area (Å²) >= 11 is 0. The molecule has 0 N–H and O–H groups in total. The summed E-state index contributed by atoms with van der Waals surface area (Å²) in [6, 6.07) is 5.06. The van der Waals surface area contributed by atoms with Gasteiger partial charge in [0.15, 0.2) is 0 Å². The van der Waals surface area contributed by atoms with Crippen molar-refractivity contribution in [3.05, 3.63) is 42.2 Å². The number of aryl methyl sites for hydroxylation is 1. The molecule has 0 atom stereocenters. The van der Waals surface area contributed by atoms with Crippen LogP contribution in [0.15, 0.2) is 24.9 Å². The van der Waals surface area contributed by atoms with Crippen molar-refractivity contribution >= 4 is 0 Å². The molecule has 0 unspecified atom stereocenters. The second kappa shape index (κ2) is 3.16. The highest BCUT2D eigenvalue weighted by atomic mass is 14.7. The predicted molar refractivity (Wildman–Crippen MR) is 41.7 cm³/mol. The van der Waals surface area contributed by atoms with E-state index in [9.17, 15) is 0 Å². The highest BCUT2D eigenvalue weighted by Gasteiger charge is 1.89. The topological polar surface area (TPSA) is 12.9 Å². The lowest BCUT2D eigenvalue weighted by atomic mass is 10.2. The first kappa shape index (κ1) is 7.00. The quantitative estimate of drug-likeness (QED) is 0.560. The molecular formula is C9H10N. The third-order valence-corrected chi connectivity index (χ3v) is 1.23. The summed E-state index contributed by atoms with van der Waals surface area (Å²) in [6.07, 6.45) is 4.44. The minimum absolute atomic E-state index is 0.807. The van der Waals surface area contributed by atoms with Crippen molar-refractivity contribution in [3.63, 3.8) is 0 Å². The van der Waals surface area contributed by atoms with E-state index in [-0.39, 0.29) is 0 Å². The van der Waals surface area contributed by atoms with E-state index in [2.05, 4.69) is 17.6 Å². The van der Waals surface area contributed by atoms with Gasteiger partial charge in [-0.15, -0.1) is 6.58 Å². The first-order valence-electron chi connectivity index (χ1n) is 3.27. The lowest BCUT2D eigenvalue weighted by Crippen LogP contribution is -1.87. The van der Waals surface area contributed by atoms with Crippen LogP contribution in [0.3, 0.4) is 0 Å². The summed E-state index contributed by atoms with van der Waals surface area (Å²) in [5.74, 6) is 0. The SMILES string of the molecule is C=CCc1[c]c(C)ccn1. The normalized spacial score (nSPS) is 9.30. The maximum Gasteiger partial charge on any atom is 0.0522 e. The van der Waals surface area contributed by atoms with Crippen molar-refractivity contribution < 1.29 is 0 Å². The largest absolute Gasteiger partial charge is 0.260 e. The van der Waals surface area contributed by atoms with Crippen molar-refractivity contribution in [2.24, 2.45) is 0 Å². The second-order valence-corrected chi connectivity index (χ2v) is 2.19. The first-order chi connectivity index (χ1) is 4.83. The Morgan fingerprint density at radius 1 is 1.80 bits per heavy atom. The fourth-order valence-corrected chi connectivity index (χ4v) is 0.781. The van der Waals surface area contributed by atoms with Crippen LogP contribution in [0, 0.1) is 13.0 Å². The molecule has 0 aliphatic rings. The van der Waals surface area contributed by atoms with Gasteiger partial charge in [0.2, 0.25) is 0 Å². The monoisotopic (exact) mass is 132 g/mol. The number of aromatic nitrogens is 1. The minimum Gasteiger partial charge on any atom is -0.260 e. The van der Waals surface area contributed by atoms with Gasteiger partial charge in [-0.25, -0.2) is 0 Å². The zero-order valence-electron chi connectivity index (χ0n) is 6.09. The maximum atomic E-state index is 4.10. The van der Waals surface area contributed by atoms with Crippen molar-refractivity contribution in [2.75, 3.05) is 0 Å². The fourth-order valence-electron chi connectivity index (χ4n) is 0.781. The summed E-state index contributed by atoms with van der Waals surface area (Å²) in [4.78, 5) is 4.10. The number of nitrogens with zero attached hydrogens (tertiary/aromatic N) is 1. The number of allylic oxidation sites excluding steroid dienone is 1. The highest BCUT2D eigenvalue weighted by molar-refractivity contribution is 5.13. The van der Waals surface area contributed by atoms with Gasteiger partial charge >= 0.3 is 0 Å². The smallest absolute Gasteiger partial charge is 0.0522 e. The summed E-state index contributed by atoms with van der Waals surface area (Å²) < 4.78 is 0. The number of rotatable bonds is 2. The van der Waals surface area contributed by atoms with E-state index in [4.69, 9.17) is 0 Å². The molecule has 0 saturated heterocycles. The van der Waals surface area contributed by atoms with Gasteiger partial charge in [0.25, 0.3) is 0 Å². The standard InChI is InChI=1S/C9H10N/c1-3-4-9-7-8(2)5-6-10-9/h3,5-6H,1,4H2,2H3. The molecule has 0 saturated carbocycles. The van der Waals surface area contributed by atoms with Crippen LogP contribution in [0.25, 0.3) is 0 Å². The van der Waals surface area contributed by atoms with Gasteiger partial charge in [0.05, 0.1) is 5.69 Å². The van der Waals surface area contributed by atoms with Gasteiger partial charge in [0, 0.05) is 18.7 Å². The molecule has 0 aromatic carbocycles. The number of hydrogen-bond donors (Lipinski definition) is 0. The lowest BCUT2D eigenvalue weighted by Gasteiger charge is -1.94. The maximum absolute atomic E-state index is 4.10.